The van der Waals surface area contributed by atoms with Crippen LogP contribution in [0.15, 0.2) is 218 Å². The highest BCUT2D eigenvalue weighted by molar-refractivity contribution is 5.97. The fourth-order valence-corrected chi connectivity index (χ4v) is 7.88. The molecule has 1 heterocycles. The van der Waals surface area contributed by atoms with Crippen LogP contribution >= 0.6 is 0 Å². The average molecular weight is 765 g/mol. The largest absolute Gasteiger partial charge is 0.208 e. The second kappa shape index (κ2) is 15.9. The van der Waals surface area contributed by atoms with Gasteiger partial charge in [-0.15, -0.1) is 0 Å². The molecule has 0 aliphatic carbocycles. The van der Waals surface area contributed by atoms with Gasteiger partial charge in [0.05, 0.1) is 11.6 Å². The molecule has 10 rings (SSSR count). The second-order valence-corrected chi connectivity index (χ2v) is 14.8. The summed E-state index contributed by atoms with van der Waals surface area (Å²) in [6.07, 6.45) is 0. The van der Waals surface area contributed by atoms with Crippen molar-refractivity contribution in [1.29, 1.82) is 5.26 Å². The van der Waals surface area contributed by atoms with E-state index in [1.165, 1.54) is 16.5 Å². The maximum Gasteiger partial charge on any atom is 0.164 e. The Bertz CT molecular complexity index is 3170. The van der Waals surface area contributed by atoms with Crippen molar-refractivity contribution in [2.75, 3.05) is 0 Å². The molecule has 0 N–H and O–H groups in total. The van der Waals surface area contributed by atoms with Crippen LogP contribution in [0.4, 0.5) is 0 Å². The summed E-state index contributed by atoms with van der Waals surface area (Å²) < 4.78 is 0. The lowest BCUT2D eigenvalue weighted by molar-refractivity contribution is 1.07. The molecular weight excluding hydrogens is 729 g/mol. The van der Waals surface area contributed by atoms with Crippen LogP contribution in [0, 0.1) is 11.3 Å². The first-order valence-electron chi connectivity index (χ1n) is 20.0. The third-order valence-corrected chi connectivity index (χ3v) is 11.0. The highest BCUT2D eigenvalue weighted by atomic mass is 15.0. The fraction of sp³-hybridized carbons (Fsp3) is 0. The Kier molecular flexibility index (Phi) is 9.59. The van der Waals surface area contributed by atoms with Crippen molar-refractivity contribution in [2.45, 2.75) is 0 Å². The maximum absolute atomic E-state index is 9.40. The van der Waals surface area contributed by atoms with Crippen LogP contribution in [0.5, 0.6) is 0 Å². The number of nitrogens with zero attached hydrogens (tertiary/aromatic N) is 4. The van der Waals surface area contributed by atoms with Crippen LogP contribution in [0.2, 0.25) is 0 Å². The fourth-order valence-electron chi connectivity index (χ4n) is 7.88. The van der Waals surface area contributed by atoms with Crippen molar-refractivity contribution in [1.82, 2.24) is 15.0 Å². The topological polar surface area (TPSA) is 62.5 Å². The number of hydrogen-bond donors (Lipinski definition) is 0. The van der Waals surface area contributed by atoms with Gasteiger partial charge in [0, 0.05) is 22.3 Å². The van der Waals surface area contributed by atoms with E-state index in [-0.39, 0.29) is 0 Å². The summed E-state index contributed by atoms with van der Waals surface area (Å²) in [4.78, 5) is 15.7. The Hall–Kier alpha value is -8.26. The van der Waals surface area contributed by atoms with Crippen molar-refractivity contribution in [3.8, 4) is 95.9 Å². The molecule has 4 nitrogen and oxygen atoms in total. The van der Waals surface area contributed by atoms with Crippen LogP contribution in [0.25, 0.3) is 101 Å². The van der Waals surface area contributed by atoms with Gasteiger partial charge in [-0.25, -0.2) is 15.0 Å². The Morgan fingerprint density at radius 1 is 0.283 bits per heavy atom. The van der Waals surface area contributed by atoms with E-state index in [0.717, 1.165) is 66.6 Å². The van der Waals surface area contributed by atoms with E-state index in [2.05, 4.69) is 176 Å². The van der Waals surface area contributed by atoms with Gasteiger partial charge in [0.2, 0.25) is 0 Å². The summed E-state index contributed by atoms with van der Waals surface area (Å²) in [5.74, 6) is 1.74. The standard InChI is InChI=1S/C56H36N4/c57-37-38-21-23-44(24-22-38)48-17-9-18-50(36-48)55-58-54(46-32-29-43(30-33-46)42-27-25-41(26-28-42)39-11-3-1-4-12-39)59-56(60-55)52-20-10-19-51(45-14-5-2-6-15-45)53(52)49-34-31-40-13-7-8-16-47(40)35-49/h1-36H. The Labute approximate surface area is 349 Å². The second-order valence-electron chi connectivity index (χ2n) is 14.8. The minimum absolute atomic E-state index is 0.570. The van der Waals surface area contributed by atoms with Crippen LogP contribution in [-0.2, 0) is 0 Å². The zero-order chi connectivity index (χ0) is 40.3. The molecule has 280 valence electrons. The predicted octanol–water partition coefficient (Wildman–Crippen LogP) is 14.2. The number of nitriles is 1. The summed E-state index contributed by atoms with van der Waals surface area (Å²) >= 11 is 0. The smallest absolute Gasteiger partial charge is 0.164 e. The minimum Gasteiger partial charge on any atom is -0.208 e. The van der Waals surface area contributed by atoms with Gasteiger partial charge in [-0.05, 0) is 85.1 Å². The molecule has 0 radical (unpaired) electrons. The van der Waals surface area contributed by atoms with Crippen LogP contribution in [0.1, 0.15) is 5.56 Å². The molecule has 0 atom stereocenters. The quantitative estimate of drug-likeness (QED) is 0.155. The van der Waals surface area contributed by atoms with Gasteiger partial charge >= 0.3 is 0 Å². The van der Waals surface area contributed by atoms with Crippen molar-refractivity contribution in [3.05, 3.63) is 224 Å². The molecule has 0 amide bonds. The summed E-state index contributed by atoms with van der Waals surface area (Å²) in [5.41, 5.74) is 14.3. The Balaban J connectivity index is 1.13. The van der Waals surface area contributed by atoms with E-state index >= 15 is 0 Å². The maximum atomic E-state index is 9.40. The molecule has 0 saturated heterocycles. The van der Waals surface area contributed by atoms with Crippen LogP contribution in [-0.4, -0.2) is 15.0 Å². The lowest BCUT2D eigenvalue weighted by atomic mass is 9.89. The molecule has 60 heavy (non-hydrogen) atoms. The first-order chi connectivity index (χ1) is 29.7. The molecule has 9 aromatic carbocycles. The van der Waals surface area contributed by atoms with E-state index in [4.69, 9.17) is 15.0 Å². The number of aromatic nitrogens is 3. The van der Waals surface area contributed by atoms with E-state index in [0.29, 0.717) is 23.0 Å². The monoisotopic (exact) mass is 764 g/mol. The van der Waals surface area contributed by atoms with E-state index in [1.807, 2.05) is 48.5 Å². The zero-order valence-corrected chi connectivity index (χ0v) is 32.6. The molecule has 0 bridgehead atoms. The summed E-state index contributed by atoms with van der Waals surface area (Å²) in [5, 5.41) is 11.7. The molecule has 0 fully saturated rings. The number of rotatable bonds is 8. The lowest BCUT2D eigenvalue weighted by Crippen LogP contribution is -2.02. The molecule has 0 spiro atoms. The van der Waals surface area contributed by atoms with Gasteiger partial charge in [0.25, 0.3) is 0 Å². The summed E-state index contributed by atoms with van der Waals surface area (Å²) in [7, 11) is 0. The SMILES string of the molecule is N#Cc1ccc(-c2cccc(-c3nc(-c4ccc(-c5ccc(-c6ccccc6)cc5)cc4)nc(-c4cccc(-c5ccccc5)c4-c4ccc5ccccc5c4)n3)c2)cc1. The van der Waals surface area contributed by atoms with Crippen molar-refractivity contribution in [3.63, 3.8) is 0 Å². The molecule has 0 unspecified atom stereocenters. The van der Waals surface area contributed by atoms with Crippen LogP contribution < -0.4 is 0 Å². The van der Waals surface area contributed by atoms with Crippen molar-refractivity contribution >= 4 is 10.8 Å². The molecule has 0 aliphatic rings. The van der Waals surface area contributed by atoms with E-state index in [1.54, 1.807) is 0 Å². The van der Waals surface area contributed by atoms with Crippen LogP contribution in [0.3, 0.4) is 0 Å². The Morgan fingerprint density at radius 3 is 1.40 bits per heavy atom. The first kappa shape index (κ1) is 36.1. The molecule has 4 heteroatoms. The Morgan fingerprint density at radius 2 is 0.733 bits per heavy atom. The van der Waals surface area contributed by atoms with E-state index < -0.39 is 0 Å². The predicted molar refractivity (Wildman–Crippen MR) is 246 cm³/mol. The molecule has 0 saturated carbocycles. The van der Waals surface area contributed by atoms with Gasteiger partial charge < -0.3 is 0 Å². The molecule has 10 aromatic rings. The van der Waals surface area contributed by atoms with Gasteiger partial charge in [0.15, 0.2) is 17.5 Å². The minimum atomic E-state index is 0.570. The highest BCUT2D eigenvalue weighted by Crippen LogP contribution is 2.41. The lowest BCUT2D eigenvalue weighted by Gasteiger charge is -2.17. The molecule has 1 aromatic heterocycles. The highest BCUT2D eigenvalue weighted by Gasteiger charge is 2.20. The zero-order valence-electron chi connectivity index (χ0n) is 32.6. The summed E-state index contributed by atoms with van der Waals surface area (Å²) in [6, 6.07) is 77.7. The first-order valence-corrected chi connectivity index (χ1v) is 20.0. The van der Waals surface area contributed by atoms with Gasteiger partial charge in [-0.1, -0.05) is 194 Å². The third kappa shape index (κ3) is 7.24. The van der Waals surface area contributed by atoms with Crippen molar-refractivity contribution in [2.24, 2.45) is 0 Å². The summed E-state index contributed by atoms with van der Waals surface area (Å²) in [6.45, 7) is 0. The van der Waals surface area contributed by atoms with Gasteiger partial charge in [-0.2, -0.15) is 5.26 Å². The van der Waals surface area contributed by atoms with E-state index in [9.17, 15) is 5.26 Å². The molecule has 0 aliphatic heterocycles. The third-order valence-electron chi connectivity index (χ3n) is 11.0. The number of fused-ring (bicyclic) bond motifs is 1. The number of hydrogen-bond acceptors (Lipinski definition) is 4. The van der Waals surface area contributed by atoms with Gasteiger partial charge in [-0.3, -0.25) is 0 Å². The number of benzene rings is 9. The average Bonchev–Trinajstić information content (AvgIpc) is 3.34. The molecular formula is C56H36N4. The normalized spacial score (nSPS) is 11.0. The van der Waals surface area contributed by atoms with Gasteiger partial charge in [0.1, 0.15) is 0 Å². The van der Waals surface area contributed by atoms with Crippen molar-refractivity contribution < 1.29 is 0 Å².